The minimum Gasteiger partial charge on any atom is -0.481 e. The second-order valence-electron chi connectivity index (χ2n) is 10.1. The topological polar surface area (TPSA) is 58.6 Å². The smallest absolute Gasteiger partial charge is 0.261 e. The minimum absolute atomic E-state index is 0.0454. The van der Waals surface area contributed by atoms with Crippen LogP contribution in [0.15, 0.2) is 42.5 Å². The molecule has 2 aromatic carbocycles. The van der Waals surface area contributed by atoms with Gasteiger partial charge in [-0.3, -0.25) is 9.59 Å². The van der Waals surface area contributed by atoms with Crippen LogP contribution in [-0.2, 0) is 16.0 Å². The van der Waals surface area contributed by atoms with Crippen LogP contribution in [0.3, 0.4) is 0 Å². The van der Waals surface area contributed by atoms with Gasteiger partial charge in [0, 0.05) is 18.0 Å². The van der Waals surface area contributed by atoms with Gasteiger partial charge >= 0.3 is 0 Å². The fourth-order valence-electron chi connectivity index (χ4n) is 4.33. The Labute approximate surface area is 195 Å². The lowest BCUT2D eigenvalue weighted by atomic mass is 9.85. The highest BCUT2D eigenvalue weighted by Crippen LogP contribution is 2.39. The number of carbonyl (C=O) groups is 2. The van der Waals surface area contributed by atoms with Crippen LogP contribution in [0, 0.1) is 11.2 Å². The first-order chi connectivity index (χ1) is 15.7. The summed E-state index contributed by atoms with van der Waals surface area (Å²) >= 11 is 0. The third-order valence-corrected chi connectivity index (χ3v) is 6.30. The molecule has 2 amide bonds. The predicted molar refractivity (Wildman–Crippen MR) is 125 cm³/mol. The number of hydrogen-bond acceptors (Lipinski definition) is 3. The summed E-state index contributed by atoms with van der Waals surface area (Å²) < 4.78 is 19.8. The largest absolute Gasteiger partial charge is 0.481 e. The quantitative estimate of drug-likeness (QED) is 0.686. The number of carbonyl (C=O) groups excluding carboxylic acids is 2. The Morgan fingerprint density at radius 1 is 1.15 bits per heavy atom. The number of hydrogen-bond donors (Lipinski definition) is 1. The van der Waals surface area contributed by atoms with E-state index in [0.717, 1.165) is 36.0 Å². The molecule has 0 saturated heterocycles. The van der Waals surface area contributed by atoms with Crippen LogP contribution in [0.2, 0.25) is 0 Å². The molecule has 33 heavy (non-hydrogen) atoms. The van der Waals surface area contributed by atoms with Crippen molar-refractivity contribution in [2.24, 2.45) is 5.41 Å². The molecule has 0 aromatic heterocycles. The monoisotopic (exact) mass is 452 g/mol. The molecule has 1 aliphatic heterocycles. The highest BCUT2D eigenvalue weighted by molar-refractivity contribution is 5.83. The number of halogens is 1. The molecule has 0 bridgehead atoms. The van der Waals surface area contributed by atoms with E-state index in [1.807, 2.05) is 50.8 Å². The standard InChI is InChI=1S/C27H33FN2O3/c1-5-23(25(31)29-20-11-12-20)33-21-13-8-17-14-15-30(26(32)27(2,3)4)24(22(17)16-21)18-6-9-19(28)10-7-18/h6-10,13,16,20,23-24H,5,11-12,14-15H2,1-4H3,(H,29,31)/t23-,24-/m1/s1. The summed E-state index contributed by atoms with van der Waals surface area (Å²) in [5.74, 6) is 0.248. The molecular weight excluding hydrogens is 419 g/mol. The van der Waals surface area contributed by atoms with E-state index in [4.69, 9.17) is 4.74 Å². The Kier molecular flexibility index (Phi) is 6.46. The summed E-state index contributed by atoms with van der Waals surface area (Å²) in [6.07, 6.45) is 2.78. The first-order valence-corrected chi connectivity index (χ1v) is 11.8. The molecule has 0 unspecified atom stereocenters. The molecule has 2 atom stereocenters. The normalized spacial score (nSPS) is 18.9. The van der Waals surface area contributed by atoms with Gasteiger partial charge in [-0.05, 0) is 66.6 Å². The van der Waals surface area contributed by atoms with Crippen LogP contribution >= 0.6 is 0 Å². The van der Waals surface area contributed by atoms with E-state index in [9.17, 15) is 14.0 Å². The summed E-state index contributed by atoms with van der Waals surface area (Å²) in [4.78, 5) is 27.8. The second kappa shape index (κ2) is 9.16. The molecule has 2 aromatic rings. The molecule has 1 aliphatic carbocycles. The molecule has 0 radical (unpaired) electrons. The lowest BCUT2D eigenvalue weighted by molar-refractivity contribution is -0.141. The van der Waals surface area contributed by atoms with Crippen LogP contribution < -0.4 is 10.1 Å². The maximum atomic E-state index is 13.7. The number of benzene rings is 2. The highest BCUT2D eigenvalue weighted by atomic mass is 19.1. The number of fused-ring (bicyclic) bond motifs is 1. The van der Waals surface area contributed by atoms with Gasteiger partial charge in [0.1, 0.15) is 11.6 Å². The van der Waals surface area contributed by atoms with E-state index in [1.54, 1.807) is 12.1 Å². The lowest BCUT2D eigenvalue weighted by Gasteiger charge is -2.41. The first kappa shape index (κ1) is 23.3. The average Bonchev–Trinajstić information content (AvgIpc) is 3.60. The molecule has 0 spiro atoms. The molecule has 176 valence electrons. The molecule has 1 fully saturated rings. The van der Waals surface area contributed by atoms with E-state index >= 15 is 0 Å². The Balaban J connectivity index is 1.69. The van der Waals surface area contributed by atoms with E-state index in [2.05, 4.69) is 5.32 Å². The highest BCUT2D eigenvalue weighted by Gasteiger charge is 2.37. The molecule has 1 N–H and O–H groups in total. The van der Waals surface area contributed by atoms with Crippen LogP contribution in [-0.4, -0.2) is 35.4 Å². The summed E-state index contributed by atoms with van der Waals surface area (Å²) in [7, 11) is 0. The van der Waals surface area contributed by atoms with Gasteiger partial charge in [-0.1, -0.05) is 45.9 Å². The van der Waals surface area contributed by atoms with Gasteiger partial charge in [-0.25, -0.2) is 4.39 Å². The van der Waals surface area contributed by atoms with Crippen molar-refractivity contribution in [3.05, 3.63) is 65.0 Å². The van der Waals surface area contributed by atoms with Crippen molar-refractivity contribution >= 4 is 11.8 Å². The third kappa shape index (κ3) is 5.21. The summed E-state index contributed by atoms with van der Waals surface area (Å²) in [5.41, 5.74) is 2.40. The van der Waals surface area contributed by atoms with Crippen molar-refractivity contribution in [1.82, 2.24) is 10.2 Å². The van der Waals surface area contributed by atoms with Gasteiger partial charge in [0.2, 0.25) is 5.91 Å². The van der Waals surface area contributed by atoms with E-state index in [0.29, 0.717) is 18.7 Å². The number of nitrogens with zero attached hydrogens (tertiary/aromatic N) is 1. The van der Waals surface area contributed by atoms with Gasteiger partial charge in [0.15, 0.2) is 6.10 Å². The third-order valence-electron chi connectivity index (χ3n) is 6.30. The maximum absolute atomic E-state index is 13.7. The Hall–Kier alpha value is -2.89. The summed E-state index contributed by atoms with van der Waals surface area (Å²) in [6, 6.07) is 12.1. The van der Waals surface area contributed by atoms with Crippen molar-refractivity contribution in [3.63, 3.8) is 0 Å². The van der Waals surface area contributed by atoms with Crippen LogP contribution in [0.4, 0.5) is 4.39 Å². The molecule has 4 rings (SSSR count). The summed E-state index contributed by atoms with van der Waals surface area (Å²) in [5, 5.41) is 3.01. The van der Waals surface area contributed by atoms with Crippen molar-refractivity contribution in [2.45, 2.75) is 71.6 Å². The van der Waals surface area contributed by atoms with Gasteiger partial charge in [0.25, 0.3) is 5.91 Å². The molecule has 6 heteroatoms. The van der Waals surface area contributed by atoms with E-state index < -0.39 is 11.5 Å². The van der Waals surface area contributed by atoms with Crippen LogP contribution in [0.1, 0.15) is 69.7 Å². The molecule has 1 saturated carbocycles. The van der Waals surface area contributed by atoms with Crippen LogP contribution in [0.5, 0.6) is 5.75 Å². The number of ether oxygens (including phenoxy) is 1. The van der Waals surface area contributed by atoms with Crippen molar-refractivity contribution in [3.8, 4) is 5.75 Å². The molecule has 5 nitrogen and oxygen atoms in total. The predicted octanol–water partition coefficient (Wildman–Crippen LogP) is 4.78. The van der Waals surface area contributed by atoms with Gasteiger partial charge in [-0.15, -0.1) is 0 Å². The van der Waals surface area contributed by atoms with Gasteiger partial charge in [-0.2, -0.15) is 0 Å². The zero-order valence-corrected chi connectivity index (χ0v) is 19.9. The Morgan fingerprint density at radius 2 is 1.85 bits per heavy atom. The SMILES string of the molecule is CC[C@@H](Oc1ccc2c(c1)[C@@H](c1ccc(F)cc1)N(C(=O)C(C)(C)C)CC2)C(=O)NC1CC1. The summed E-state index contributed by atoms with van der Waals surface area (Å²) in [6.45, 7) is 8.26. The van der Waals surface area contributed by atoms with Crippen LogP contribution in [0.25, 0.3) is 0 Å². The van der Waals surface area contributed by atoms with Crippen molar-refractivity contribution < 1.29 is 18.7 Å². The minimum atomic E-state index is -0.566. The van der Waals surface area contributed by atoms with Gasteiger partial charge in [0.05, 0.1) is 6.04 Å². The number of rotatable bonds is 6. The lowest BCUT2D eigenvalue weighted by Crippen LogP contribution is -2.45. The van der Waals surface area contributed by atoms with E-state index in [1.165, 1.54) is 12.1 Å². The Morgan fingerprint density at radius 3 is 2.45 bits per heavy atom. The van der Waals surface area contributed by atoms with Crippen molar-refractivity contribution in [1.29, 1.82) is 0 Å². The van der Waals surface area contributed by atoms with Crippen molar-refractivity contribution in [2.75, 3.05) is 6.54 Å². The second-order valence-corrected chi connectivity index (χ2v) is 10.1. The molecule has 1 heterocycles. The molecular formula is C27H33FN2O3. The first-order valence-electron chi connectivity index (χ1n) is 11.8. The Bertz CT molecular complexity index is 1020. The van der Waals surface area contributed by atoms with Gasteiger partial charge < -0.3 is 15.0 Å². The zero-order valence-electron chi connectivity index (χ0n) is 19.9. The average molecular weight is 453 g/mol. The maximum Gasteiger partial charge on any atom is 0.261 e. The van der Waals surface area contributed by atoms with E-state index in [-0.39, 0.29) is 29.7 Å². The zero-order chi connectivity index (χ0) is 23.8. The number of nitrogens with one attached hydrogen (secondary N) is 1. The molecule has 2 aliphatic rings. The fourth-order valence-corrected chi connectivity index (χ4v) is 4.33. The fraction of sp³-hybridized carbons (Fsp3) is 0.481. The number of amides is 2.